The second kappa shape index (κ2) is 4.19. The Kier molecular flexibility index (Phi) is 2.97. The third-order valence-corrected chi connectivity index (χ3v) is 1.53. The van der Waals surface area contributed by atoms with Crippen LogP contribution in [-0.2, 0) is 4.84 Å². The third kappa shape index (κ3) is 1.62. The van der Waals surface area contributed by atoms with Gasteiger partial charge >= 0.3 is 5.97 Å². The van der Waals surface area contributed by atoms with Gasteiger partial charge in [-0.25, -0.2) is 4.79 Å². The maximum absolute atomic E-state index is 11.0. The molecule has 1 rings (SSSR count). The summed E-state index contributed by atoms with van der Waals surface area (Å²) in [5.41, 5.74) is -0.810. The molecule has 1 aromatic rings. The number of carbonyl (C=O) groups is 1. The molecule has 0 aliphatic rings. The summed E-state index contributed by atoms with van der Waals surface area (Å²) >= 11 is 0. The largest absolute Gasteiger partial charge is 0.370 e. The van der Waals surface area contributed by atoms with Gasteiger partial charge in [0.05, 0.1) is 0 Å². The van der Waals surface area contributed by atoms with E-state index in [1.54, 1.807) is 0 Å². The van der Waals surface area contributed by atoms with Crippen LogP contribution in [-0.4, -0.2) is 5.97 Å². The van der Waals surface area contributed by atoms with Crippen molar-refractivity contribution in [2.24, 2.45) is 16.3 Å². The van der Waals surface area contributed by atoms with Crippen molar-refractivity contribution in [3.8, 4) is 0 Å². The zero-order valence-corrected chi connectivity index (χ0v) is 6.84. The molecule has 0 heterocycles. The fourth-order valence-electron chi connectivity index (χ4n) is 0.948. The Morgan fingerprint density at radius 2 is 1.71 bits per heavy atom. The summed E-state index contributed by atoms with van der Waals surface area (Å²) in [6.07, 6.45) is 0. The summed E-state index contributed by atoms with van der Waals surface area (Å²) in [5, 5.41) is 5.09. The highest BCUT2D eigenvalue weighted by molar-refractivity contribution is 5.99. The average Bonchev–Trinajstić information content (AvgIpc) is 2.26. The fraction of sp³-hybridized carbons (Fsp3) is 0. The van der Waals surface area contributed by atoms with Gasteiger partial charge in [0.1, 0.15) is 16.9 Å². The van der Waals surface area contributed by atoms with Crippen molar-refractivity contribution < 1.29 is 9.63 Å². The summed E-state index contributed by atoms with van der Waals surface area (Å²) in [7, 11) is 0. The quantitative estimate of drug-likeness (QED) is 0.580. The van der Waals surface area contributed by atoms with Crippen LogP contribution in [0.4, 0.5) is 11.4 Å². The van der Waals surface area contributed by atoms with Crippen LogP contribution >= 0.6 is 0 Å². The van der Waals surface area contributed by atoms with Crippen LogP contribution in [0.25, 0.3) is 0 Å². The molecule has 1 aromatic carbocycles. The van der Waals surface area contributed by atoms with Crippen molar-refractivity contribution in [1.29, 1.82) is 0 Å². The standard InChI is InChI=1S/C7H5N3O4/c8-14-7(11)6-4(9-12)2-1-3-5(6)10-13/h1-3H,8H2. The van der Waals surface area contributed by atoms with Gasteiger partial charge < -0.3 is 4.84 Å². The van der Waals surface area contributed by atoms with Crippen LogP contribution in [0, 0.1) is 9.81 Å². The lowest BCUT2D eigenvalue weighted by Crippen LogP contribution is -2.10. The highest BCUT2D eigenvalue weighted by Gasteiger charge is 2.18. The zero-order chi connectivity index (χ0) is 10.6. The van der Waals surface area contributed by atoms with Crippen LogP contribution in [0.2, 0.25) is 0 Å². The molecule has 7 nitrogen and oxygen atoms in total. The number of rotatable bonds is 3. The lowest BCUT2D eigenvalue weighted by Gasteiger charge is -2.01. The van der Waals surface area contributed by atoms with Crippen molar-refractivity contribution in [3.63, 3.8) is 0 Å². The van der Waals surface area contributed by atoms with E-state index in [-0.39, 0.29) is 16.9 Å². The van der Waals surface area contributed by atoms with Crippen molar-refractivity contribution in [2.75, 3.05) is 0 Å². The predicted molar refractivity (Wildman–Crippen MR) is 47.0 cm³/mol. The van der Waals surface area contributed by atoms with E-state index in [1.165, 1.54) is 18.2 Å². The van der Waals surface area contributed by atoms with Gasteiger partial charge in [0.15, 0.2) is 0 Å². The number of benzene rings is 1. The normalized spacial score (nSPS) is 9.21. The Morgan fingerprint density at radius 1 is 1.21 bits per heavy atom. The smallest absolute Gasteiger partial charge is 0.361 e. The molecule has 0 atom stereocenters. The summed E-state index contributed by atoms with van der Waals surface area (Å²) in [5.74, 6) is 3.58. The first-order valence-corrected chi connectivity index (χ1v) is 3.45. The molecule has 0 bridgehead atoms. The van der Waals surface area contributed by atoms with Gasteiger partial charge in [-0.1, -0.05) is 6.07 Å². The van der Waals surface area contributed by atoms with Crippen molar-refractivity contribution in [1.82, 2.24) is 0 Å². The van der Waals surface area contributed by atoms with E-state index in [9.17, 15) is 14.6 Å². The minimum Gasteiger partial charge on any atom is -0.370 e. The Hall–Kier alpha value is -2.15. The maximum atomic E-state index is 11.0. The topological polar surface area (TPSA) is 111 Å². The summed E-state index contributed by atoms with van der Waals surface area (Å²) < 4.78 is 0. The monoisotopic (exact) mass is 195 g/mol. The Balaban J connectivity index is 3.40. The molecule has 0 aliphatic heterocycles. The van der Waals surface area contributed by atoms with Crippen molar-refractivity contribution >= 4 is 17.3 Å². The van der Waals surface area contributed by atoms with Gasteiger partial charge in [0.2, 0.25) is 0 Å². The average molecular weight is 195 g/mol. The van der Waals surface area contributed by atoms with Gasteiger partial charge in [-0.2, -0.15) is 5.90 Å². The first-order valence-electron chi connectivity index (χ1n) is 3.45. The molecule has 0 aliphatic carbocycles. The number of nitrogens with two attached hydrogens (primary N) is 1. The molecule has 2 N–H and O–H groups in total. The first kappa shape index (κ1) is 9.93. The Bertz CT molecular complexity index is 364. The van der Waals surface area contributed by atoms with E-state index in [4.69, 9.17) is 0 Å². The van der Waals surface area contributed by atoms with Crippen molar-refractivity contribution in [2.45, 2.75) is 0 Å². The molecule has 14 heavy (non-hydrogen) atoms. The molecule has 0 unspecified atom stereocenters. The van der Waals surface area contributed by atoms with Gasteiger partial charge in [0.25, 0.3) is 0 Å². The molecular weight excluding hydrogens is 190 g/mol. The summed E-state index contributed by atoms with van der Waals surface area (Å²) in [4.78, 5) is 35.5. The van der Waals surface area contributed by atoms with Crippen LogP contribution in [0.5, 0.6) is 0 Å². The van der Waals surface area contributed by atoms with Crippen LogP contribution in [0.15, 0.2) is 28.6 Å². The van der Waals surface area contributed by atoms with Crippen LogP contribution in [0.1, 0.15) is 10.4 Å². The summed E-state index contributed by atoms with van der Waals surface area (Å²) in [6.45, 7) is 0. The Morgan fingerprint density at radius 3 is 2.07 bits per heavy atom. The number of hydrogen-bond acceptors (Lipinski definition) is 7. The molecule has 0 saturated carbocycles. The van der Waals surface area contributed by atoms with E-state index in [2.05, 4.69) is 21.1 Å². The molecule has 0 saturated heterocycles. The van der Waals surface area contributed by atoms with Crippen LogP contribution in [0.3, 0.4) is 0 Å². The number of nitroso groups, excluding NO2 is 2. The van der Waals surface area contributed by atoms with Crippen LogP contribution < -0.4 is 5.90 Å². The molecule has 0 fully saturated rings. The molecular formula is C7H5N3O4. The van der Waals surface area contributed by atoms with E-state index >= 15 is 0 Å². The number of carbonyl (C=O) groups excluding carboxylic acids is 1. The lowest BCUT2D eigenvalue weighted by molar-refractivity contribution is 0.0505. The van der Waals surface area contributed by atoms with Gasteiger partial charge in [-0.15, -0.1) is 9.81 Å². The molecule has 0 aromatic heterocycles. The fourth-order valence-corrected chi connectivity index (χ4v) is 0.948. The molecule has 0 radical (unpaired) electrons. The van der Waals surface area contributed by atoms with Gasteiger partial charge in [-0.3, -0.25) is 0 Å². The Labute approximate surface area is 77.8 Å². The molecule has 7 heteroatoms. The van der Waals surface area contributed by atoms with E-state index < -0.39 is 5.97 Å². The highest BCUT2D eigenvalue weighted by atomic mass is 16.7. The molecule has 0 amide bonds. The summed E-state index contributed by atoms with van der Waals surface area (Å²) in [6, 6.07) is 3.85. The second-order valence-electron chi connectivity index (χ2n) is 2.26. The lowest BCUT2D eigenvalue weighted by atomic mass is 10.1. The number of hydrogen-bond donors (Lipinski definition) is 1. The minimum absolute atomic E-state index is 0.238. The highest BCUT2D eigenvalue weighted by Crippen LogP contribution is 2.28. The number of nitrogens with zero attached hydrogens (tertiary/aromatic N) is 2. The molecule has 0 spiro atoms. The second-order valence-corrected chi connectivity index (χ2v) is 2.26. The van der Waals surface area contributed by atoms with E-state index in [1.807, 2.05) is 0 Å². The minimum atomic E-state index is -1.03. The third-order valence-electron chi connectivity index (χ3n) is 1.53. The predicted octanol–water partition coefficient (Wildman–Crippen LogP) is 1.51. The van der Waals surface area contributed by atoms with Gasteiger partial charge in [0, 0.05) is 0 Å². The zero-order valence-electron chi connectivity index (χ0n) is 6.84. The molecule has 72 valence electrons. The van der Waals surface area contributed by atoms with E-state index in [0.717, 1.165) is 0 Å². The first-order chi connectivity index (χ1) is 6.74. The maximum Gasteiger partial charge on any atom is 0.361 e. The SMILES string of the molecule is NOC(=O)c1c(N=O)cccc1N=O. The van der Waals surface area contributed by atoms with Crippen molar-refractivity contribution in [3.05, 3.63) is 33.6 Å². The van der Waals surface area contributed by atoms with Gasteiger partial charge in [-0.05, 0) is 22.5 Å². The van der Waals surface area contributed by atoms with E-state index in [0.29, 0.717) is 0 Å².